The van der Waals surface area contributed by atoms with Crippen molar-refractivity contribution < 1.29 is 8.42 Å². The number of hydrogen-bond donors (Lipinski definition) is 1. The van der Waals surface area contributed by atoms with Gasteiger partial charge in [0.15, 0.2) is 0 Å². The summed E-state index contributed by atoms with van der Waals surface area (Å²) in [6.45, 7) is 4.88. The van der Waals surface area contributed by atoms with E-state index >= 15 is 0 Å². The maximum Gasteiger partial charge on any atom is 0.304 e. The van der Waals surface area contributed by atoms with Crippen LogP contribution in [0.25, 0.3) is 0 Å². The second-order valence-corrected chi connectivity index (χ2v) is 7.73. The fourth-order valence-corrected chi connectivity index (χ4v) is 4.55. The Morgan fingerprint density at radius 2 is 1.86 bits per heavy atom. The number of benzene rings is 1. The number of anilines is 1. The summed E-state index contributed by atoms with van der Waals surface area (Å²) in [5.74, 6) is 0. The highest BCUT2D eigenvalue weighted by atomic mass is 32.2. The Kier molecular flexibility index (Phi) is 4.91. The Balaban J connectivity index is 2.33. The largest absolute Gasteiger partial charge is 0.329 e. The van der Waals surface area contributed by atoms with Crippen molar-refractivity contribution in [1.29, 1.82) is 0 Å². The van der Waals surface area contributed by atoms with E-state index < -0.39 is 10.2 Å². The first kappa shape index (κ1) is 16.3. The highest BCUT2D eigenvalue weighted by molar-refractivity contribution is 7.90. The summed E-state index contributed by atoms with van der Waals surface area (Å²) in [4.78, 5) is 0. The maximum absolute atomic E-state index is 12.9. The minimum Gasteiger partial charge on any atom is -0.329 e. The maximum atomic E-state index is 12.9. The monoisotopic (exact) mass is 311 g/mol. The van der Waals surface area contributed by atoms with Crippen molar-refractivity contribution in [2.24, 2.45) is 5.73 Å². The Bertz CT molecular complexity index is 581. The summed E-state index contributed by atoms with van der Waals surface area (Å²) in [7, 11) is -1.91. The van der Waals surface area contributed by atoms with Crippen molar-refractivity contribution in [2.45, 2.75) is 39.2 Å². The molecule has 1 unspecified atom stereocenters. The number of rotatable bonds is 4. The molecular weight excluding hydrogens is 286 g/mol. The first-order chi connectivity index (χ1) is 9.86. The summed E-state index contributed by atoms with van der Waals surface area (Å²) < 4.78 is 28.7. The molecule has 1 atom stereocenters. The molecule has 6 heteroatoms. The van der Waals surface area contributed by atoms with Gasteiger partial charge in [-0.05, 0) is 49.9 Å². The van der Waals surface area contributed by atoms with Crippen molar-refractivity contribution in [1.82, 2.24) is 4.31 Å². The summed E-state index contributed by atoms with van der Waals surface area (Å²) in [5.41, 5.74) is 8.57. The number of nitrogens with zero attached hydrogens (tertiary/aromatic N) is 2. The van der Waals surface area contributed by atoms with Gasteiger partial charge in [-0.15, -0.1) is 0 Å². The lowest BCUT2D eigenvalue weighted by atomic mass is 10.1. The second kappa shape index (κ2) is 6.34. The molecule has 0 radical (unpaired) electrons. The highest BCUT2D eigenvalue weighted by Gasteiger charge is 2.34. The molecule has 0 aliphatic carbocycles. The van der Waals surface area contributed by atoms with E-state index in [1.165, 1.54) is 4.31 Å². The normalized spacial score (nSPS) is 20.5. The third-order valence-corrected chi connectivity index (χ3v) is 6.03. The quantitative estimate of drug-likeness (QED) is 0.922. The SMILES string of the molecule is Cc1cc(C)cc(N(C)S(=O)(=O)N2CCCCC2CN)c1. The van der Waals surface area contributed by atoms with Gasteiger partial charge in [-0.2, -0.15) is 12.7 Å². The van der Waals surface area contributed by atoms with Crippen LogP contribution in [-0.4, -0.2) is 38.9 Å². The standard InChI is InChI=1S/C15H25N3O2S/c1-12-8-13(2)10-15(9-12)17(3)21(19,20)18-7-5-4-6-14(18)11-16/h8-10,14H,4-7,11,16H2,1-3H3. The predicted octanol–water partition coefficient (Wildman–Crippen LogP) is 1.80. The smallest absolute Gasteiger partial charge is 0.304 e. The van der Waals surface area contributed by atoms with Gasteiger partial charge < -0.3 is 5.73 Å². The molecule has 0 spiro atoms. The average molecular weight is 311 g/mol. The molecule has 0 bridgehead atoms. The van der Waals surface area contributed by atoms with Gasteiger partial charge in [0.2, 0.25) is 0 Å². The summed E-state index contributed by atoms with van der Waals surface area (Å²) >= 11 is 0. The minimum absolute atomic E-state index is 0.0860. The Morgan fingerprint density at radius 3 is 2.43 bits per heavy atom. The molecular formula is C15H25N3O2S. The first-order valence-electron chi connectivity index (χ1n) is 7.40. The number of piperidine rings is 1. The fraction of sp³-hybridized carbons (Fsp3) is 0.600. The Morgan fingerprint density at radius 1 is 1.24 bits per heavy atom. The lowest BCUT2D eigenvalue weighted by Crippen LogP contribution is -2.52. The van der Waals surface area contributed by atoms with Crippen molar-refractivity contribution in [2.75, 3.05) is 24.4 Å². The van der Waals surface area contributed by atoms with E-state index in [0.29, 0.717) is 18.8 Å². The minimum atomic E-state index is -3.52. The third kappa shape index (κ3) is 3.39. The lowest BCUT2D eigenvalue weighted by molar-refractivity contribution is 0.257. The average Bonchev–Trinajstić information content (AvgIpc) is 2.45. The molecule has 1 aromatic carbocycles. The van der Waals surface area contributed by atoms with Crippen LogP contribution in [0.15, 0.2) is 18.2 Å². The number of nitrogens with two attached hydrogens (primary N) is 1. The van der Waals surface area contributed by atoms with Crippen LogP contribution in [0.3, 0.4) is 0 Å². The second-order valence-electron chi connectivity index (χ2n) is 5.82. The predicted molar refractivity (Wildman–Crippen MR) is 86.6 cm³/mol. The van der Waals surface area contributed by atoms with Crippen LogP contribution in [0, 0.1) is 13.8 Å². The van der Waals surface area contributed by atoms with Gasteiger partial charge in [-0.25, -0.2) is 0 Å². The van der Waals surface area contributed by atoms with Gasteiger partial charge in [-0.3, -0.25) is 4.31 Å². The van der Waals surface area contributed by atoms with E-state index in [-0.39, 0.29) is 6.04 Å². The molecule has 0 aromatic heterocycles. The molecule has 0 saturated carbocycles. The van der Waals surface area contributed by atoms with Crippen LogP contribution in [0.2, 0.25) is 0 Å². The number of aryl methyl sites for hydroxylation is 2. The van der Waals surface area contributed by atoms with Crippen LogP contribution < -0.4 is 10.0 Å². The molecule has 2 rings (SSSR count). The van der Waals surface area contributed by atoms with Crippen molar-refractivity contribution in [3.05, 3.63) is 29.3 Å². The molecule has 0 amide bonds. The number of hydrogen-bond acceptors (Lipinski definition) is 3. The molecule has 118 valence electrons. The lowest BCUT2D eigenvalue weighted by Gasteiger charge is -2.37. The van der Waals surface area contributed by atoms with E-state index in [9.17, 15) is 8.42 Å². The molecule has 2 N–H and O–H groups in total. The van der Waals surface area contributed by atoms with Gasteiger partial charge in [0.05, 0.1) is 5.69 Å². The van der Waals surface area contributed by atoms with Gasteiger partial charge in [0, 0.05) is 26.2 Å². The highest BCUT2D eigenvalue weighted by Crippen LogP contribution is 2.26. The van der Waals surface area contributed by atoms with Crippen molar-refractivity contribution in [3.63, 3.8) is 0 Å². The van der Waals surface area contributed by atoms with Gasteiger partial charge in [0.1, 0.15) is 0 Å². The zero-order chi connectivity index (χ0) is 15.6. The molecule has 1 aliphatic rings. The van der Waals surface area contributed by atoms with Gasteiger partial charge in [0.25, 0.3) is 0 Å². The molecule has 1 heterocycles. The zero-order valence-electron chi connectivity index (χ0n) is 13.0. The summed E-state index contributed by atoms with van der Waals surface area (Å²) in [6.07, 6.45) is 2.79. The zero-order valence-corrected chi connectivity index (χ0v) is 13.9. The van der Waals surface area contributed by atoms with Crippen LogP contribution in [-0.2, 0) is 10.2 Å². The van der Waals surface area contributed by atoms with Crippen LogP contribution in [0.5, 0.6) is 0 Å². The van der Waals surface area contributed by atoms with Crippen LogP contribution >= 0.6 is 0 Å². The van der Waals surface area contributed by atoms with Gasteiger partial charge in [-0.1, -0.05) is 12.5 Å². The summed E-state index contributed by atoms with van der Waals surface area (Å²) in [5, 5.41) is 0. The summed E-state index contributed by atoms with van der Waals surface area (Å²) in [6, 6.07) is 5.74. The van der Waals surface area contributed by atoms with E-state index in [4.69, 9.17) is 5.73 Å². The van der Waals surface area contributed by atoms with E-state index in [2.05, 4.69) is 0 Å². The van der Waals surface area contributed by atoms with E-state index in [1.807, 2.05) is 32.0 Å². The molecule has 5 nitrogen and oxygen atoms in total. The van der Waals surface area contributed by atoms with Crippen LogP contribution in [0.4, 0.5) is 5.69 Å². The molecule has 1 aromatic rings. The Labute approximate surface area is 127 Å². The molecule has 1 fully saturated rings. The van der Waals surface area contributed by atoms with Crippen LogP contribution in [0.1, 0.15) is 30.4 Å². The Hall–Kier alpha value is -1.11. The first-order valence-corrected chi connectivity index (χ1v) is 8.80. The molecule has 1 saturated heterocycles. The topological polar surface area (TPSA) is 66.6 Å². The van der Waals surface area contributed by atoms with E-state index in [1.54, 1.807) is 11.4 Å². The fourth-order valence-electron chi connectivity index (χ4n) is 2.94. The third-order valence-electron chi connectivity index (χ3n) is 4.06. The van der Waals surface area contributed by atoms with Crippen molar-refractivity contribution in [3.8, 4) is 0 Å². The van der Waals surface area contributed by atoms with E-state index in [0.717, 1.165) is 30.4 Å². The molecule has 21 heavy (non-hydrogen) atoms. The molecule has 1 aliphatic heterocycles. The van der Waals surface area contributed by atoms with Crippen molar-refractivity contribution >= 4 is 15.9 Å². The van der Waals surface area contributed by atoms with Gasteiger partial charge >= 0.3 is 10.2 Å².